The second-order valence-corrected chi connectivity index (χ2v) is 7.51. The third kappa shape index (κ3) is 4.10. The van der Waals surface area contributed by atoms with Crippen LogP contribution in [0.5, 0.6) is 11.8 Å². The fraction of sp³-hybridized carbons (Fsp3) is 0.524. The molecule has 0 unspecified atom stereocenters. The Balaban J connectivity index is 1.41. The Morgan fingerprint density at radius 1 is 1.19 bits per heavy atom. The molecule has 0 spiro atoms. The van der Waals surface area contributed by atoms with Gasteiger partial charge in [0.25, 0.3) is 0 Å². The van der Waals surface area contributed by atoms with Gasteiger partial charge in [-0.25, -0.2) is 9.97 Å². The van der Waals surface area contributed by atoms with Crippen molar-refractivity contribution in [1.82, 2.24) is 15.0 Å². The Labute approximate surface area is 159 Å². The first-order valence-corrected chi connectivity index (χ1v) is 9.63. The number of aryl methyl sites for hydroxylation is 1. The molecule has 0 bridgehead atoms. The highest BCUT2D eigenvalue weighted by Gasteiger charge is 2.40. The number of Topliss-reactive ketones (excluding diaryl/α,β-unsaturated/α-hetero) is 1. The van der Waals surface area contributed by atoms with E-state index >= 15 is 0 Å². The van der Waals surface area contributed by atoms with Crippen LogP contribution < -0.4 is 9.47 Å². The minimum atomic E-state index is 0.313. The van der Waals surface area contributed by atoms with Gasteiger partial charge in [0, 0.05) is 48.2 Å². The van der Waals surface area contributed by atoms with Gasteiger partial charge in [-0.2, -0.15) is 4.98 Å². The van der Waals surface area contributed by atoms with Gasteiger partial charge >= 0.3 is 0 Å². The molecule has 2 aliphatic rings. The van der Waals surface area contributed by atoms with Crippen molar-refractivity contribution in [3.63, 3.8) is 0 Å². The number of ether oxygens (including phenoxy) is 2. The number of carbonyl (C=O) groups is 1. The molecule has 2 fully saturated rings. The quantitative estimate of drug-likeness (QED) is 0.777. The maximum atomic E-state index is 11.5. The Bertz CT molecular complexity index is 829. The largest absolute Gasteiger partial charge is 0.481 e. The Hall–Kier alpha value is -2.50. The lowest BCUT2D eigenvalue weighted by atomic mass is 9.84. The van der Waals surface area contributed by atoms with E-state index in [1.54, 1.807) is 7.11 Å². The van der Waals surface area contributed by atoms with Gasteiger partial charge in [-0.3, -0.25) is 4.79 Å². The zero-order valence-electron chi connectivity index (χ0n) is 15.9. The highest BCUT2D eigenvalue weighted by atomic mass is 16.5. The predicted molar refractivity (Wildman–Crippen MR) is 100 cm³/mol. The van der Waals surface area contributed by atoms with Crippen LogP contribution in [0, 0.1) is 12.8 Å². The maximum Gasteiger partial charge on any atom is 0.220 e. The third-order valence-electron chi connectivity index (χ3n) is 5.57. The van der Waals surface area contributed by atoms with Crippen molar-refractivity contribution in [1.29, 1.82) is 0 Å². The van der Waals surface area contributed by atoms with Gasteiger partial charge in [-0.1, -0.05) is 6.07 Å². The molecule has 0 radical (unpaired) electrons. The summed E-state index contributed by atoms with van der Waals surface area (Å²) in [6.45, 7) is 2.50. The molecule has 0 aliphatic heterocycles. The SMILES string of the molecule is COc1cccc([C@H]2C[C@@H]2COc2nc(C)ncc2C2CCC(=O)CC2)n1. The molecule has 2 aromatic rings. The molecule has 27 heavy (non-hydrogen) atoms. The molecule has 2 saturated carbocycles. The van der Waals surface area contributed by atoms with Gasteiger partial charge in [0.15, 0.2) is 0 Å². The van der Waals surface area contributed by atoms with Crippen LogP contribution in [0.3, 0.4) is 0 Å². The zero-order valence-corrected chi connectivity index (χ0v) is 15.9. The summed E-state index contributed by atoms with van der Waals surface area (Å²) in [6.07, 6.45) is 5.96. The van der Waals surface area contributed by atoms with E-state index in [1.807, 2.05) is 31.3 Å². The number of hydrogen-bond donors (Lipinski definition) is 0. The van der Waals surface area contributed by atoms with Crippen molar-refractivity contribution in [2.75, 3.05) is 13.7 Å². The molecule has 142 valence electrons. The fourth-order valence-electron chi connectivity index (χ4n) is 3.84. The van der Waals surface area contributed by atoms with E-state index in [-0.39, 0.29) is 0 Å². The van der Waals surface area contributed by atoms with E-state index in [1.165, 1.54) is 0 Å². The average Bonchev–Trinajstić information content (AvgIpc) is 3.47. The number of carbonyl (C=O) groups excluding carboxylic acids is 1. The number of hydrogen-bond acceptors (Lipinski definition) is 6. The lowest BCUT2D eigenvalue weighted by Gasteiger charge is -2.22. The van der Waals surface area contributed by atoms with Crippen molar-refractivity contribution < 1.29 is 14.3 Å². The van der Waals surface area contributed by atoms with Crippen LogP contribution in [0.4, 0.5) is 0 Å². The molecule has 0 N–H and O–H groups in total. The van der Waals surface area contributed by atoms with E-state index in [0.29, 0.717) is 60.6 Å². The molecule has 2 heterocycles. The summed E-state index contributed by atoms with van der Waals surface area (Å²) in [7, 11) is 1.64. The van der Waals surface area contributed by atoms with Crippen LogP contribution in [0.15, 0.2) is 24.4 Å². The number of nitrogens with zero attached hydrogens (tertiary/aromatic N) is 3. The van der Waals surface area contributed by atoms with Crippen molar-refractivity contribution in [2.45, 2.75) is 50.9 Å². The first-order valence-electron chi connectivity index (χ1n) is 9.63. The molecule has 4 rings (SSSR count). The van der Waals surface area contributed by atoms with Crippen molar-refractivity contribution in [3.8, 4) is 11.8 Å². The van der Waals surface area contributed by atoms with E-state index in [9.17, 15) is 4.79 Å². The molecule has 2 aromatic heterocycles. The second-order valence-electron chi connectivity index (χ2n) is 7.51. The molecule has 2 atom stereocenters. The Morgan fingerprint density at radius 3 is 2.78 bits per heavy atom. The number of aromatic nitrogens is 3. The predicted octanol–water partition coefficient (Wildman–Crippen LogP) is 3.60. The molecule has 0 saturated heterocycles. The lowest BCUT2D eigenvalue weighted by molar-refractivity contribution is -0.120. The van der Waals surface area contributed by atoms with Gasteiger partial charge < -0.3 is 9.47 Å². The van der Waals surface area contributed by atoms with Crippen LogP contribution in [-0.2, 0) is 4.79 Å². The standard InChI is InChI=1S/C21H25N3O3/c1-13-22-11-18(14-6-8-16(25)9-7-14)21(23-13)27-12-15-10-17(15)19-4-3-5-20(24-19)26-2/h3-5,11,14-15,17H,6-10,12H2,1-2H3/t15-,17+/m1/s1. The summed E-state index contributed by atoms with van der Waals surface area (Å²) < 4.78 is 11.4. The smallest absolute Gasteiger partial charge is 0.220 e. The van der Waals surface area contributed by atoms with E-state index in [4.69, 9.17) is 9.47 Å². The summed E-state index contributed by atoms with van der Waals surface area (Å²) in [5, 5.41) is 0. The van der Waals surface area contributed by atoms with Gasteiger partial charge in [-0.15, -0.1) is 0 Å². The highest BCUT2D eigenvalue weighted by Crippen LogP contribution is 2.47. The summed E-state index contributed by atoms with van der Waals surface area (Å²) in [5.41, 5.74) is 2.11. The van der Waals surface area contributed by atoms with E-state index in [2.05, 4.69) is 15.0 Å². The summed E-state index contributed by atoms with van der Waals surface area (Å²) in [6, 6.07) is 5.89. The normalized spacial score (nSPS) is 22.5. The molecule has 6 heteroatoms. The topological polar surface area (TPSA) is 74.2 Å². The van der Waals surface area contributed by atoms with Gasteiger partial charge in [0.2, 0.25) is 11.8 Å². The molecular formula is C21H25N3O3. The molecule has 2 aliphatic carbocycles. The van der Waals surface area contributed by atoms with Crippen molar-refractivity contribution in [3.05, 3.63) is 41.5 Å². The van der Waals surface area contributed by atoms with Gasteiger partial charge in [-0.05, 0) is 38.2 Å². The van der Waals surface area contributed by atoms with Crippen molar-refractivity contribution in [2.24, 2.45) is 5.92 Å². The minimum absolute atomic E-state index is 0.313. The van der Waals surface area contributed by atoms with Gasteiger partial charge in [0.05, 0.1) is 13.7 Å². The lowest BCUT2D eigenvalue weighted by Crippen LogP contribution is -2.15. The highest BCUT2D eigenvalue weighted by molar-refractivity contribution is 5.79. The van der Waals surface area contributed by atoms with Crippen LogP contribution in [-0.4, -0.2) is 34.5 Å². The number of methoxy groups -OCH3 is 1. The zero-order chi connectivity index (χ0) is 18.8. The van der Waals surface area contributed by atoms with E-state index < -0.39 is 0 Å². The van der Waals surface area contributed by atoms with Crippen LogP contribution >= 0.6 is 0 Å². The summed E-state index contributed by atoms with van der Waals surface area (Å²) in [5.74, 6) is 3.58. The monoisotopic (exact) mass is 367 g/mol. The first-order chi connectivity index (χ1) is 13.1. The van der Waals surface area contributed by atoms with Crippen LogP contribution in [0.2, 0.25) is 0 Å². The first kappa shape index (κ1) is 17.9. The summed E-state index contributed by atoms with van der Waals surface area (Å²) >= 11 is 0. The maximum absolute atomic E-state index is 11.5. The van der Waals surface area contributed by atoms with Crippen LogP contribution in [0.25, 0.3) is 0 Å². The fourth-order valence-corrected chi connectivity index (χ4v) is 3.84. The number of rotatable bonds is 6. The van der Waals surface area contributed by atoms with Crippen molar-refractivity contribution >= 4 is 5.78 Å². The second kappa shape index (κ2) is 7.62. The summed E-state index contributed by atoms with van der Waals surface area (Å²) in [4.78, 5) is 25.0. The van der Waals surface area contributed by atoms with Gasteiger partial charge in [0.1, 0.15) is 11.6 Å². The molecular weight excluding hydrogens is 342 g/mol. The third-order valence-corrected chi connectivity index (χ3v) is 5.57. The molecule has 6 nitrogen and oxygen atoms in total. The average molecular weight is 367 g/mol. The number of pyridine rings is 1. The molecule has 0 aromatic carbocycles. The van der Waals surface area contributed by atoms with E-state index in [0.717, 1.165) is 30.5 Å². The minimum Gasteiger partial charge on any atom is -0.481 e. The number of ketones is 1. The Kier molecular flexibility index (Phi) is 5.05. The molecule has 0 amide bonds. The van der Waals surface area contributed by atoms with Crippen LogP contribution in [0.1, 0.15) is 61.0 Å². The Morgan fingerprint density at radius 2 is 2.00 bits per heavy atom.